The Morgan fingerprint density at radius 2 is 1.78 bits per heavy atom. The number of amides is 2. The first-order valence-electron chi connectivity index (χ1n) is 8.87. The second kappa shape index (κ2) is 7.80. The first-order valence-corrected chi connectivity index (χ1v) is 9.86. The minimum Gasteiger partial charge on any atom is -0.349 e. The lowest BCUT2D eigenvalue weighted by Gasteiger charge is -2.11. The number of anilines is 1. The van der Waals surface area contributed by atoms with E-state index in [9.17, 15) is 9.59 Å². The average molecular weight is 377 g/mol. The van der Waals surface area contributed by atoms with Gasteiger partial charge in [0.25, 0.3) is 5.91 Å². The minimum absolute atomic E-state index is 0.141. The fourth-order valence-electron chi connectivity index (χ4n) is 2.73. The quantitative estimate of drug-likeness (QED) is 0.640. The van der Waals surface area contributed by atoms with Crippen LogP contribution in [0.5, 0.6) is 0 Å². The van der Waals surface area contributed by atoms with Crippen LogP contribution in [0, 0.1) is 0 Å². The third-order valence-corrected chi connectivity index (χ3v) is 5.21. The van der Waals surface area contributed by atoms with Gasteiger partial charge in [-0.3, -0.25) is 9.59 Å². The molecule has 1 saturated carbocycles. The lowest BCUT2D eigenvalue weighted by Crippen LogP contribution is -2.27. The zero-order chi connectivity index (χ0) is 18.6. The van der Waals surface area contributed by atoms with Gasteiger partial charge in [0, 0.05) is 11.4 Å². The Bertz CT molecular complexity index is 1000. The molecule has 136 valence electrons. The van der Waals surface area contributed by atoms with Crippen LogP contribution in [0.4, 0.5) is 5.69 Å². The van der Waals surface area contributed by atoms with Crippen LogP contribution in [0.3, 0.4) is 0 Å². The number of hydrogen-bond donors (Lipinski definition) is 2. The molecule has 1 heterocycles. The molecule has 4 rings (SSSR count). The van der Waals surface area contributed by atoms with E-state index < -0.39 is 0 Å². The molecule has 0 unspecified atom stereocenters. The molecule has 6 heteroatoms. The van der Waals surface area contributed by atoms with Crippen LogP contribution >= 0.6 is 11.8 Å². The molecule has 1 fully saturated rings. The van der Waals surface area contributed by atoms with Crippen LogP contribution in [0.2, 0.25) is 0 Å². The zero-order valence-electron chi connectivity index (χ0n) is 14.6. The smallest absolute Gasteiger partial charge is 0.253 e. The first kappa shape index (κ1) is 17.5. The summed E-state index contributed by atoms with van der Waals surface area (Å²) in [5.41, 5.74) is 1.93. The van der Waals surface area contributed by atoms with Crippen molar-refractivity contribution in [1.29, 1.82) is 0 Å². The number of nitrogens with zero attached hydrogens (tertiary/aromatic N) is 1. The molecule has 1 aromatic heterocycles. The largest absolute Gasteiger partial charge is 0.349 e. The summed E-state index contributed by atoms with van der Waals surface area (Å²) in [6, 6.07) is 19.1. The summed E-state index contributed by atoms with van der Waals surface area (Å²) in [5.74, 6) is -0.0805. The van der Waals surface area contributed by atoms with Crippen LogP contribution in [0.25, 0.3) is 10.9 Å². The summed E-state index contributed by atoms with van der Waals surface area (Å²) < 4.78 is 0. The van der Waals surface area contributed by atoms with Crippen molar-refractivity contribution in [2.75, 3.05) is 11.1 Å². The zero-order valence-corrected chi connectivity index (χ0v) is 15.5. The number of hydrogen-bond acceptors (Lipinski definition) is 4. The summed E-state index contributed by atoms with van der Waals surface area (Å²) in [6.07, 6.45) is 2.05. The van der Waals surface area contributed by atoms with Crippen molar-refractivity contribution in [3.8, 4) is 0 Å². The van der Waals surface area contributed by atoms with Crippen molar-refractivity contribution in [2.24, 2.45) is 0 Å². The van der Waals surface area contributed by atoms with E-state index >= 15 is 0 Å². The van der Waals surface area contributed by atoms with E-state index in [1.807, 2.05) is 42.5 Å². The van der Waals surface area contributed by atoms with Crippen LogP contribution in [-0.4, -0.2) is 28.6 Å². The molecule has 0 spiro atoms. The van der Waals surface area contributed by atoms with Crippen molar-refractivity contribution in [3.05, 3.63) is 66.2 Å². The van der Waals surface area contributed by atoms with E-state index in [0.29, 0.717) is 11.3 Å². The SMILES string of the molecule is O=C(CSc1ccc2ccccc2n1)Nc1ccccc1C(=O)NC1CC1. The van der Waals surface area contributed by atoms with E-state index in [1.165, 1.54) is 11.8 Å². The molecule has 2 N–H and O–H groups in total. The second-order valence-corrected chi connectivity index (χ2v) is 7.47. The predicted molar refractivity (Wildman–Crippen MR) is 108 cm³/mol. The topological polar surface area (TPSA) is 71.1 Å². The van der Waals surface area contributed by atoms with Gasteiger partial charge in [0.05, 0.1) is 27.5 Å². The van der Waals surface area contributed by atoms with Crippen LogP contribution in [-0.2, 0) is 4.79 Å². The fourth-order valence-corrected chi connectivity index (χ4v) is 3.41. The Balaban J connectivity index is 1.39. The number of carbonyl (C=O) groups excluding carboxylic acids is 2. The third-order valence-electron chi connectivity index (χ3n) is 4.28. The number of para-hydroxylation sites is 2. The molecule has 1 aliphatic carbocycles. The Kier molecular flexibility index (Phi) is 5.07. The van der Waals surface area contributed by atoms with Crippen molar-refractivity contribution in [1.82, 2.24) is 10.3 Å². The number of fused-ring (bicyclic) bond motifs is 1. The number of aromatic nitrogens is 1. The molecular weight excluding hydrogens is 358 g/mol. The van der Waals surface area contributed by atoms with Gasteiger partial charge in [-0.25, -0.2) is 4.98 Å². The van der Waals surface area contributed by atoms with Crippen LogP contribution < -0.4 is 10.6 Å². The van der Waals surface area contributed by atoms with Gasteiger partial charge in [-0.2, -0.15) is 0 Å². The van der Waals surface area contributed by atoms with Crippen LogP contribution in [0.1, 0.15) is 23.2 Å². The van der Waals surface area contributed by atoms with Gasteiger partial charge in [-0.05, 0) is 37.1 Å². The molecule has 0 bridgehead atoms. The van der Waals surface area contributed by atoms with Crippen molar-refractivity contribution in [3.63, 3.8) is 0 Å². The molecule has 0 aliphatic heterocycles. The van der Waals surface area contributed by atoms with Gasteiger partial charge in [-0.1, -0.05) is 48.2 Å². The maximum atomic E-state index is 12.4. The molecule has 5 nitrogen and oxygen atoms in total. The monoisotopic (exact) mass is 377 g/mol. The lowest BCUT2D eigenvalue weighted by molar-refractivity contribution is -0.113. The Morgan fingerprint density at radius 3 is 2.63 bits per heavy atom. The molecule has 0 atom stereocenters. The average Bonchev–Trinajstić information content (AvgIpc) is 3.50. The molecule has 3 aromatic rings. The highest BCUT2D eigenvalue weighted by atomic mass is 32.2. The molecule has 0 radical (unpaired) electrons. The standard InChI is InChI=1S/C21H19N3O2S/c25-19(13-27-20-12-9-14-5-1-3-7-17(14)24-20)23-18-8-4-2-6-16(18)21(26)22-15-10-11-15/h1-9,12,15H,10-11,13H2,(H,22,26)(H,23,25). The predicted octanol–water partition coefficient (Wildman–Crippen LogP) is 3.86. The van der Waals surface area contributed by atoms with Crippen molar-refractivity contribution >= 4 is 40.2 Å². The van der Waals surface area contributed by atoms with Crippen molar-refractivity contribution < 1.29 is 9.59 Å². The van der Waals surface area contributed by atoms with E-state index in [4.69, 9.17) is 0 Å². The normalized spacial score (nSPS) is 13.3. The Hall–Kier alpha value is -2.86. The summed E-state index contributed by atoms with van der Waals surface area (Å²) in [7, 11) is 0. The molecular formula is C21H19N3O2S. The Labute approximate surface area is 161 Å². The highest BCUT2D eigenvalue weighted by molar-refractivity contribution is 7.99. The van der Waals surface area contributed by atoms with Gasteiger partial charge in [0.1, 0.15) is 0 Å². The Morgan fingerprint density at radius 1 is 1.00 bits per heavy atom. The number of carbonyl (C=O) groups is 2. The van der Waals surface area contributed by atoms with E-state index in [2.05, 4.69) is 15.6 Å². The van der Waals surface area contributed by atoms with Crippen LogP contribution in [0.15, 0.2) is 65.7 Å². The third kappa shape index (κ3) is 4.46. The highest BCUT2D eigenvalue weighted by Gasteiger charge is 2.25. The maximum Gasteiger partial charge on any atom is 0.253 e. The van der Waals surface area contributed by atoms with E-state index in [0.717, 1.165) is 28.8 Å². The summed E-state index contributed by atoms with van der Waals surface area (Å²) >= 11 is 1.37. The lowest BCUT2D eigenvalue weighted by atomic mass is 10.1. The van der Waals surface area contributed by atoms with Crippen molar-refractivity contribution in [2.45, 2.75) is 23.9 Å². The van der Waals surface area contributed by atoms with Gasteiger partial charge in [0.2, 0.25) is 5.91 Å². The van der Waals surface area contributed by atoms with Gasteiger partial charge >= 0.3 is 0 Å². The van der Waals surface area contributed by atoms with Gasteiger partial charge in [-0.15, -0.1) is 0 Å². The minimum atomic E-state index is -0.165. The molecule has 27 heavy (non-hydrogen) atoms. The molecule has 1 aliphatic rings. The summed E-state index contributed by atoms with van der Waals surface area (Å²) in [5, 5.41) is 7.66. The molecule has 0 saturated heterocycles. The number of benzene rings is 2. The maximum absolute atomic E-state index is 12.4. The van der Waals surface area contributed by atoms with E-state index in [-0.39, 0.29) is 23.6 Å². The summed E-state index contributed by atoms with van der Waals surface area (Å²) in [6.45, 7) is 0. The number of pyridine rings is 1. The first-order chi connectivity index (χ1) is 13.2. The van der Waals surface area contributed by atoms with Gasteiger partial charge in [0.15, 0.2) is 0 Å². The fraction of sp³-hybridized carbons (Fsp3) is 0.190. The van der Waals surface area contributed by atoms with E-state index in [1.54, 1.807) is 18.2 Å². The number of thioether (sulfide) groups is 1. The highest BCUT2D eigenvalue weighted by Crippen LogP contribution is 2.23. The molecule has 2 amide bonds. The summed E-state index contributed by atoms with van der Waals surface area (Å²) in [4.78, 5) is 29.2. The number of nitrogens with one attached hydrogen (secondary N) is 2. The number of rotatable bonds is 6. The second-order valence-electron chi connectivity index (χ2n) is 6.47. The van der Waals surface area contributed by atoms with Gasteiger partial charge < -0.3 is 10.6 Å². The molecule has 2 aromatic carbocycles.